The van der Waals surface area contributed by atoms with E-state index in [9.17, 15) is 4.79 Å². The van der Waals surface area contributed by atoms with E-state index in [1.165, 1.54) is 0 Å². The van der Waals surface area contributed by atoms with Crippen LogP contribution in [0.4, 0.5) is 5.82 Å². The molecular formula is C20H16N4O. The lowest BCUT2D eigenvalue weighted by Crippen LogP contribution is -2.27. The number of carbonyl (C=O) groups excluding carboxylic acids is 1. The summed E-state index contributed by atoms with van der Waals surface area (Å²) >= 11 is 0. The number of aromatic nitrogens is 3. The van der Waals surface area contributed by atoms with Crippen LogP contribution in [0.2, 0.25) is 0 Å². The number of anilines is 1. The van der Waals surface area contributed by atoms with E-state index in [0.29, 0.717) is 5.82 Å². The second kappa shape index (κ2) is 6.57. The summed E-state index contributed by atoms with van der Waals surface area (Å²) in [5.74, 6) is 0.367. The van der Waals surface area contributed by atoms with Crippen molar-refractivity contribution in [2.24, 2.45) is 0 Å². The van der Waals surface area contributed by atoms with E-state index in [-0.39, 0.29) is 5.91 Å². The summed E-state index contributed by atoms with van der Waals surface area (Å²) in [6, 6.07) is 22.3. The third kappa shape index (κ3) is 2.99. The van der Waals surface area contributed by atoms with Crippen molar-refractivity contribution in [2.45, 2.75) is 6.04 Å². The van der Waals surface area contributed by atoms with Crippen LogP contribution >= 0.6 is 0 Å². The predicted octanol–water partition coefficient (Wildman–Crippen LogP) is 3.66. The van der Waals surface area contributed by atoms with Gasteiger partial charge in [-0.15, -0.1) is 0 Å². The molecule has 0 aliphatic heterocycles. The molecular weight excluding hydrogens is 312 g/mol. The third-order valence-corrected chi connectivity index (χ3v) is 4.04. The molecule has 0 saturated carbocycles. The molecule has 0 bridgehead atoms. The molecule has 2 aromatic carbocycles. The maximum atomic E-state index is 13.1. The van der Waals surface area contributed by atoms with Gasteiger partial charge in [0.25, 0.3) is 5.91 Å². The Hall–Kier alpha value is -3.47. The first-order valence-corrected chi connectivity index (χ1v) is 8.01. The molecule has 0 unspecified atom stereocenters. The van der Waals surface area contributed by atoms with E-state index in [4.69, 9.17) is 0 Å². The number of fused-ring (bicyclic) bond motifs is 1. The van der Waals surface area contributed by atoms with Crippen LogP contribution in [0.5, 0.6) is 0 Å². The number of carbonyl (C=O) groups is 1. The zero-order valence-electron chi connectivity index (χ0n) is 13.4. The molecule has 2 heterocycles. The number of hydrogen-bond acceptors (Lipinski definition) is 3. The number of imidazole rings is 1. The predicted molar refractivity (Wildman–Crippen MR) is 97.2 cm³/mol. The minimum absolute atomic E-state index is 0.159. The molecule has 0 spiro atoms. The fourth-order valence-corrected chi connectivity index (χ4v) is 2.89. The van der Waals surface area contributed by atoms with Crippen LogP contribution in [0.25, 0.3) is 11.0 Å². The number of hydrogen-bond donors (Lipinski definition) is 1. The Labute approximate surface area is 145 Å². The second-order valence-electron chi connectivity index (χ2n) is 5.66. The Bertz CT molecular complexity index is 996. The summed E-state index contributed by atoms with van der Waals surface area (Å²) in [6.45, 7) is 0. The summed E-state index contributed by atoms with van der Waals surface area (Å²) in [5.41, 5.74) is 2.65. The van der Waals surface area contributed by atoms with Gasteiger partial charge in [-0.3, -0.25) is 4.79 Å². The minimum atomic E-state index is -0.532. The summed E-state index contributed by atoms with van der Waals surface area (Å²) in [6.07, 6.45) is 3.36. The number of rotatable bonds is 4. The zero-order chi connectivity index (χ0) is 17.1. The molecule has 0 aliphatic carbocycles. The Kier molecular flexibility index (Phi) is 3.96. The third-order valence-electron chi connectivity index (χ3n) is 4.04. The summed E-state index contributed by atoms with van der Waals surface area (Å²) in [7, 11) is 0. The number of pyridine rings is 1. The number of nitrogens with zero attached hydrogens (tertiary/aromatic N) is 3. The van der Waals surface area contributed by atoms with E-state index in [1.807, 2.05) is 71.3 Å². The molecule has 0 aliphatic rings. The Morgan fingerprint density at radius 2 is 1.64 bits per heavy atom. The Morgan fingerprint density at radius 3 is 2.44 bits per heavy atom. The van der Waals surface area contributed by atoms with Crippen LogP contribution in [-0.2, 0) is 4.79 Å². The number of amides is 1. The first kappa shape index (κ1) is 15.1. The molecule has 122 valence electrons. The van der Waals surface area contributed by atoms with E-state index in [2.05, 4.69) is 15.3 Å². The van der Waals surface area contributed by atoms with Crippen LogP contribution in [0.3, 0.4) is 0 Å². The molecule has 0 radical (unpaired) electrons. The number of benzene rings is 2. The Balaban J connectivity index is 1.78. The molecule has 4 rings (SSSR count). The van der Waals surface area contributed by atoms with Gasteiger partial charge in [-0.1, -0.05) is 48.5 Å². The molecule has 4 aromatic rings. The molecule has 0 fully saturated rings. The van der Waals surface area contributed by atoms with Crippen molar-refractivity contribution in [3.8, 4) is 0 Å². The second-order valence-corrected chi connectivity index (χ2v) is 5.66. The van der Waals surface area contributed by atoms with Gasteiger partial charge in [0.05, 0.1) is 17.4 Å². The highest BCUT2D eigenvalue weighted by atomic mass is 16.2. The molecule has 1 atom stereocenters. The van der Waals surface area contributed by atoms with Gasteiger partial charge in [0.2, 0.25) is 0 Å². The molecule has 0 saturated heterocycles. The lowest BCUT2D eigenvalue weighted by Gasteiger charge is -2.19. The van der Waals surface area contributed by atoms with Gasteiger partial charge < -0.3 is 9.88 Å². The van der Waals surface area contributed by atoms with Crippen molar-refractivity contribution in [2.75, 3.05) is 5.32 Å². The Morgan fingerprint density at radius 1 is 0.880 bits per heavy atom. The SMILES string of the molecule is O=C(Nc1ccccn1)[C@@H](c1ccccc1)n1cnc2ccccc21. The summed E-state index contributed by atoms with van der Waals surface area (Å²) < 4.78 is 1.89. The lowest BCUT2D eigenvalue weighted by molar-refractivity contribution is -0.118. The van der Waals surface area contributed by atoms with Gasteiger partial charge >= 0.3 is 0 Å². The van der Waals surface area contributed by atoms with Crippen molar-refractivity contribution in [3.05, 3.63) is 90.9 Å². The fourth-order valence-electron chi connectivity index (χ4n) is 2.89. The molecule has 5 nitrogen and oxygen atoms in total. The van der Waals surface area contributed by atoms with Crippen LogP contribution < -0.4 is 5.32 Å². The average molecular weight is 328 g/mol. The standard InChI is InChI=1S/C20H16N4O/c25-20(23-18-12-6-7-13-21-18)19(15-8-2-1-3-9-15)24-14-22-16-10-4-5-11-17(16)24/h1-14,19H,(H,21,23,25)/t19-/m1/s1. The maximum Gasteiger partial charge on any atom is 0.253 e. The van der Waals surface area contributed by atoms with Gasteiger partial charge in [-0.25, -0.2) is 9.97 Å². The normalized spacial score (nSPS) is 12.0. The maximum absolute atomic E-state index is 13.1. The van der Waals surface area contributed by atoms with E-state index >= 15 is 0 Å². The largest absolute Gasteiger partial charge is 0.314 e. The molecule has 1 N–H and O–H groups in total. The van der Waals surface area contributed by atoms with Gasteiger partial charge in [0.15, 0.2) is 0 Å². The first-order valence-electron chi connectivity index (χ1n) is 8.01. The smallest absolute Gasteiger partial charge is 0.253 e. The van der Waals surface area contributed by atoms with Gasteiger partial charge in [0.1, 0.15) is 11.9 Å². The minimum Gasteiger partial charge on any atom is -0.314 e. The zero-order valence-corrected chi connectivity index (χ0v) is 13.4. The van der Waals surface area contributed by atoms with Gasteiger partial charge in [-0.2, -0.15) is 0 Å². The van der Waals surface area contributed by atoms with Gasteiger partial charge in [-0.05, 0) is 29.8 Å². The molecule has 5 heteroatoms. The summed E-state index contributed by atoms with van der Waals surface area (Å²) in [4.78, 5) is 21.7. The lowest BCUT2D eigenvalue weighted by atomic mass is 10.1. The summed E-state index contributed by atoms with van der Waals surface area (Å²) in [5, 5.41) is 2.89. The number of para-hydroxylation sites is 2. The average Bonchev–Trinajstić information content (AvgIpc) is 3.08. The highest BCUT2D eigenvalue weighted by Crippen LogP contribution is 2.25. The highest BCUT2D eigenvalue weighted by molar-refractivity contribution is 5.96. The highest BCUT2D eigenvalue weighted by Gasteiger charge is 2.24. The van der Waals surface area contributed by atoms with Crippen LogP contribution in [-0.4, -0.2) is 20.4 Å². The van der Waals surface area contributed by atoms with Crippen LogP contribution in [0.15, 0.2) is 85.3 Å². The van der Waals surface area contributed by atoms with Crippen molar-refractivity contribution < 1.29 is 4.79 Å². The van der Waals surface area contributed by atoms with Crippen molar-refractivity contribution >= 4 is 22.8 Å². The van der Waals surface area contributed by atoms with Gasteiger partial charge in [0, 0.05) is 6.20 Å². The van der Waals surface area contributed by atoms with Crippen LogP contribution in [0, 0.1) is 0 Å². The quantitative estimate of drug-likeness (QED) is 0.622. The van der Waals surface area contributed by atoms with E-state index in [1.54, 1.807) is 18.6 Å². The molecule has 25 heavy (non-hydrogen) atoms. The molecule has 2 aromatic heterocycles. The van der Waals surface area contributed by atoms with Crippen LogP contribution in [0.1, 0.15) is 11.6 Å². The number of nitrogens with one attached hydrogen (secondary N) is 1. The fraction of sp³-hybridized carbons (Fsp3) is 0.0500. The molecule has 1 amide bonds. The first-order chi connectivity index (χ1) is 12.3. The van der Waals surface area contributed by atoms with E-state index < -0.39 is 6.04 Å². The van der Waals surface area contributed by atoms with Crippen molar-refractivity contribution in [1.29, 1.82) is 0 Å². The van der Waals surface area contributed by atoms with Crippen molar-refractivity contribution in [1.82, 2.24) is 14.5 Å². The monoisotopic (exact) mass is 328 g/mol. The van der Waals surface area contributed by atoms with Crippen molar-refractivity contribution in [3.63, 3.8) is 0 Å². The van der Waals surface area contributed by atoms with E-state index in [0.717, 1.165) is 16.6 Å². The topological polar surface area (TPSA) is 59.8 Å².